The molecule has 122 valence electrons. The monoisotopic (exact) mass is 362 g/mol. The van der Waals surface area contributed by atoms with Crippen LogP contribution in [0.15, 0.2) is 59.6 Å². The molecule has 0 amide bonds. The quantitative estimate of drug-likeness (QED) is 0.447. The summed E-state index contributed by atoms with van der Waals surface area (Å²) < 4.78 is 5.43. The van der Waals surface area contributed by atoms with Crippen molar-refractivity contribution in [3.8, 4) is 26.9 Å². The number of methoxy groups -OCH3 is 1. The predicted molar refractivity (Wildman–Crippen MR) is 110 cm³/mol. The zero-order valence-electron chi connectivity index (χ0n) is 13.9. The summed E-state index contributed by atoms with van der Waals surface area (Å²) in [6.07, 6.45) is 1.88. The molecule has 0 bridgehead atoms. The molecular weight excluding hydrogens is 347 g/mol. The highest BCUT2D eigenvalue weighted by Gasteiger charge is 2.13. The van der Waals surface area contributed by atoms with Crippen molar-refractivity contribution in [1.82, 2.24) is 9.97 Å². The number of benzene rings is 2. The van der Waals surface area contributed by atoms with Crippen LogP contribution in [0, 0.1) is 0 Å². The Hall–Kier alpha value is -2.31. The van der Waals surface area contributed by atoms with Gasteiger partial charge < -0.3 is 4.74 Å². The molecule has 6 heteroatoms. The van der Waals surface area contributed by atoms with Gasteiger partial charge in [0.15, 0.2) is 0 Å². The summed E-state index contributed by atoms with van der Waals surface area (Å²) in [5.41, 5.74) is 3.93. The molecule has 0 N–H and O–H groups in total. The van der Waals surface area contributed by atoms with E-state index in [0.29, 0.717) is 0 Å². The molecule has 0 saturated heterocycles. The van der Waals surface area contributed by atoms with Gasteiger partial charge in [-0.1, -0.05) is 30.3 Å². The Morgan fingerprint density at radius 3 is 2.68 bits per heavy atom. The lowest BCUT2D eigenvalue weighted by molar-refractivity contribution is 0.418. The lowest BCUT2D eigenvalue weighted by Crippen LogP contribution is -2.10. The van der Waals surface area contributed by atoms with Gasteiger partial charge in [0.2, 0.25) is 0 Å². The summed E-state index contributed by atoms with van der Waals surface area (Å²) in [4.78, 5) is 11.3. The van der Waals surface area contributed by atoms with Gasteiger partial charge in [-0.25, -0.2) is 9.97 Å². The third-order valence-electron chi connectivity index (χ3n) is 4.16. The zero-order chi connectivity index (χ0) is 17.4. The molecule has 4 rings (SSSR count). The first-order chi connectivity index (χ1) is 12.2. The van der Waals surface area contributed by atoms with E-state index in [1.165, 1.54) is 0 Å². The highest BCUT2D eigenvalue weighted by Crippen LogP contribution is 2.34. The molecule has 0 radical (unpaired) electrons. The molecule has 0 fully saturated rings. The Labute approximate surface area is 156 Å². The normalized spacial score (nSPS) is 11.0. The Bertz CT molecular complexity index is 1060. The maximum absolute atomic E-state index is 5.43. The summed E-state index contributed by atoms with van der Waals surface area (Å²) in [5, 5.41) is 2.01. The summed E-state index contributed by atoms with van der Waals surface area (Å²) in [5.74, 6) is 0.833. The lowest BCUT2D eigenvalue weighted by Gasteiger charge is -2.10. The van der Waals surface area contributed by atoms with E-state index in [2.05, 4.69) is 29.7 Å². The summed E-state index contributed by atoms with van der Waals surface area (Å²) in [7, 11) is 3.70. The fraction of sp³-hybridized carbons (Fsp3) is 0.0526. The highest BCUT2D eigenvalue weighted by atomic mass is 32.1. The minimum atomic E-state index is 0.833. The van der Waals surface area contributed by atoms with Gasteiger partial charge in [0, 0.05) is 22.0 Å². The first-order valence-electron chi connectivity index (χ1n) is 7.86. The summed E-state index contributed by atoms with van der Waals surface area (Å²) in [6, 6.07) is 16.1. The molecule has 2 aromatic carbocycles. The smallest absolute Gasteiger partial charge is 0.147 e. The first-order valence-corrected chi connectivity index (χ1v) is 9.12. The Morgan fingerprint density at radius 1 is 1.12 bits per heavy atom. The molecule has 0 atom stereocenters. The number of fused-ring (bicyclic) bond motifs is 1. The molecule has 0 saturated carbocycles. The molecule has 0 unspecified atom stereocenters. The van der Waals surface area contributed by atoms with Gasteiger partial charge in [0.25, 0.3) is 0 Å². The molecule has 3 nitrogen and oxygen atoms in total. The maximum atomic E-state index is 5.43. The minimum Gasteiger partial charge on any atom is -0.497 e. The molecule has 0 aliphatic heterocycles. The molecule has 0 aliphatic carbocycles. The van der Waals surface area contributed by atoms with Crippen LogP contribution in [-0.4, -0.2) is 24.9 Å². The van der Waals surface area contributed by atoms with Gasteiger partial charge in [-0.2, -0.15) is 0 Å². The molecule has 4 aromatic rings. The second kappa shape index (κ2) is 6.54. The maximum Gasteiger partial charge on any atom is 0.147 e. The number of rotatable bonds is 3. The van der Waals surface area contributed by atoms with Gasteiger partial charge in [-0.05, 0) is 23.7 Å². The average Bonchev–Trinajstić information content (AvgIpc) is 3.13. The number of ether oxygens (including phenoxy) is 1. The largest absolute Gasteiger partial charge is 0.497 e. The van der Waals surface area contributed by atoms with Crippen LogP contribution in [0.5, 0.6) is 5.75 Å². The fourth-order valence-electron chi connectivity index (χ4n) is 2.85. The van der Waals surface area contributed by atoms with Crippen LogP contribution in [0.3, 0.4) is 0 Å². The van der Waals surface area contributed by atoms with Crippen molar-refractivity contribution in [2.45, 2.75) is 4.90 Å². The molecule has 0 aliphatic rings. The van der Waals surface area contributed by atoms with Crippen LogP contribution in [0.1, 0.15) is 0 Å². The number of thiazole rings is 1. The Balaban J connectivity index is 1.85. The van der Waals surface area contributed by atoms with Crippen LogP contribution in [0.4, 0.5) is 0 Å². The van der Waals surface area contributed by atoms with Crippen molar-refractivity contribution in [1.29, 1.82) is 0 Å². The van der Waals surface area contributed by atoms with Crippen molar-refractivity contribution in [2.24, 2.45) is 0 Å². The van der Waals surface area contributed by atoms with Crippen LogP contribution in [0.2, 0.25) is 0 Å². The van der Waals surface area contributed by atoms with Crippen LogP contribution < -0.4 is 10.2 Å². The van der Waals surface area contributed by atoms with Crippen molar-refractivity contribution >= 4 is 48.2 Å². The number of hydrogen-bond donors (Lipinski definition) is 1. The topological polar surface area (TPSA) is 35.0 Å². The van der Waals surface area contributed by atoms with E-state index in [1.807, 2.05) is 50.4 Å². The van der Waals surface area contributed by atoms with Gasteiger partial charge >= 0.3 is 0 Å². The number of nitrogens with zero attached hydrogens (tertiary/aromatic N) is 2. The van der Waals surface area contributed by atoms with Crippen LogP contribution >= 0.6 is 24.0 Å². The van der Waals surface area contributed by atoms with Crippen LogP contribution in [-0.2, 0) is 0 Å². The van der Waals surface area contributed by atoms with Crippen LogP contribution in [0.25, 0.3) is 32.0 Å². The standard InChI is InChI=1S/C19H15BN2OS2/c1-23-14-8-7-12-15(24)9-13(22-18(12)17(14)20)16-10-21-19(25-16)11-5-3-2-4-6-11/h2-10H,20H2,1H3,(H,22,24). The van der Waals surface area contributed by atoms with E-state index in [1.54, 1.807) is 18.4 Å². The van der Waals surface area contributed by atoms with E-state index >= 15 is 0 Å². The second-order valence-electron chi connectivity index (χ2n) is 5.71. The van der Waals surface area contributed by atoms with Gasteiger partial charge in [0.1, 0.15) is 18.6 Å². The number of pyridine rings is 1. The first kappa shape index (κ1) is 16.2. The van der Waals surface area contributed by atoms with Gasteiger partial charge in [-0.15, -0.1) is 24.0 Å². The number of thiol groups is 1. The molecule has 25 heavy (non-hydrogen) atoms. The molecule has 0 spiro atoms. The average molecular weight is 362 g/mol. The number of aromatic nitrogens is 2. The summed E-state index contributed by atoms with van der Waals surface area (Å²) in [6.45, 7) is 0. The summed E-state index contributed by atoms with van der Waals surface area (Å²) >= 11 is 6.29. The van der Waals surface area contributed by atoms with Crippen molar-refractivity contribution in [2.75, 3.05) is 7.11 Å². The Kier molecular flexibility index (Phi) is 4.23. The van der Waals surface area contributed by atoms with E-state index in [9.17, 15) is 0 Å². The van der Waals surface area contributed by atoms with E-state index in [0.717, 1.165) is 48.2 Å². The third kappa shape index (κ3) is 2.92. The lowest BCUT2D eigenvalue weighted by atomic mass is 9.91. The molecule has 2 aromatic heterocycles. The minimum absolute atomic E-state index is 0.833. The van der Waals surface area contributed by atoms with E-state index < -0.39 is 0 Å². The highest BCUT2D eigenvalue weighted by molar-refractivity contribution is 7.80. The zero-order valence-corrected chi connectivity index (χ0v) is 15.6. The van der Waals surface area contributed by atoms with Gasteiger partial charge in [-0.3, -0.25) is 0 Å². The SMILES string of the molecule is Bc1c(OC)ccc2c(S)cc(-c3cnc(-c4ccccc4)s3)nc12. The van der Waals surface area contributed by atoms with Crippen molar-refractivity contribution in [3.63, 3.8) is 0 Å². The van der Waals surface area contributed by atoms with E-state index in [4.69, 9.17) is 9.72 Å². The van der Waals surface area contributed by atoms with Crippen molar-refractivity contribution < 1.29 is 4.74 Å². The molecular formula is C19H15BN2OS2. The number of hydrogen-bond acceptors (Lipinski definition) is 5. The van der Waals surface area contributed by atoms with E-state index in [-0.39, 0.29) is 0 Å². The third-order valence-corrected chi connectivity index (χ3v) is 5.60. The van der Waals surface area contributed by atoms with Gasteiger partial charge in [0.05, 0.1) is 23.2 Å². The molecule has 2 heterocycles. The fourth-order valence-corrected chi connectivity index (χ4v) is 4.03. The second-order valence-corrected chi connectivity index (χ2v) is 7.22. The van der Waals surface area contributed by atoms with Crippen molar-refractivity contribution in [3.05, 3.63) is 54.7 Å². The Morgan fingerprint density at radius 2 is 1.92 bits per heavy atom. The predicted octanol–water partition coefficient (Wildman–Crippen LogP) is 3.58.